The predicted octanol–water partition coefficient (Wildman–Crippen LogP) is 15.4. The second kappa shape index (κ2) is 13.1. The van der Waals surface area contributed by atoms with E-state index in [2.05, 4.69) is 226 Å². The van der Waals surface area contributed by atoms with E-state index in [9.17, 15) is 0 Å². The summed E-state index contributed by atoms with van der Waals surface area (Å²) in [5, 5.41) is 7.61. The fourth-order valence-corrected chi connectivity index (χ4v) is 10.3. The van der Waals surface area contributed by atoms with Gasteiger partial charge in [0.2, 0.25) is 0 Å². The molecule has 3 aromatic heterocycles. The zero-order valence-electron chi connectivity index (χ0n) is 31.5. The van der Waals surface area contributed by atoms with Gasteiger partial charge >= 0.3 is 0 Å². The van der Waals surface area contributed by atoms with Crippen LogP contribution >= 0.6 is 11.3 Å². The summed E-state index contributed by atoms with van der Waals surface area (Å²) in [4.78, 5) is 2.31. The Labute approximate surface area is 339 Å². The Morgan fingerprint density at radius 1 is 0.328 bits per heavy atom. The first kappa shape index (κ1) is 32.8. The number of nitrogens with zero attached hydrogens (tertiary/aromatic N) is 3. The lowest BCUT2D eigenvalue weighted by Gasteiger charge is -2.25. The fourth-order valence-electron chi connectivity index (χ4n) is 9.09. The molecule has 0 spiro atoms. The van der Waals surface area contributed by atoms with Crippen LogP contribution < -0.4 is 4.90 Å². The average Bonchev–Trinajstić information content (AvgIpc) is 3.95. The third kappa shape index (κ3) is 5.05. The zero-order chi connectivity index (χ0) is 38.2. The van der Waals surface area contributed by atoms with Gasteiger partial charge in [-0.3, -0.25) is 0 Å². The highest BCUT2D eigenvalue weighted by molar-refractivity contribution is 7.26. The normalized spacial score (nSPS) is 11.8. The molecule has 272 valence electrons. The molecule has 0 N–H and O–H groups in total. The molecule has 0 bridgehead atoms. The van der Waals surface area contributed by atoms with Crippen LogP contribution in [-0.4, -0.2) is 9.13 Å². The monoisotopic (exact) mass is 757 g/mol. The maximum atomic E-state index is 2.51. The van der Waals surface area contributed by atoms with E-state index in [1.807, 2.05) is 11.3 Å². The fraction of sp³-hybridized carbons (Fsp3) is 0. The molecule has 0 aliphatic heterocycles. The molecule has 0 fully saturated rings. The summed E-state index contributed by atoms with van der Waals surface area (Å²) in [6.07, 6.45) is 0. The number of anilines is 3. The first-order chi connectivity index (χ1) is 28.8. The second-order valence-corrected chi connectivity index (χ2v) is 16.0. The van der Waals surface area contributed by atoms with Gasteiger partial charge in [0, 0.05) is 65.5 Å². The van der Waals surface area contributed by atoms with Crippen LogP contribution in [-0.2, 0) is 0 Å². The molecular weight excluding hydrogens is 723 g/mol. The van der Waals surface area contributed by atoms with Crippen LogP contribution in [0.25, 0.3) is 86.3 Å². The van der Waals surface area contributed by atoms with Crippen molar-refractivity contribution < 1.29 is 0 Å². The van der Waals surface area contributed by atoms with E-state index in [1.54, 1.807) is 0 Å². The molecule has 4 heteroatoms. The molecular formula is C54H35N3S. The molecule has 12 rings (SSSR count). The molecule has 3 nitrogen and oxygen atoms in total. The van der Waals surface area contributed by atoms with Gasteiger partial charge in [0.15, 0.2) is 0 Å². The van der Waals surface area contributed by atoms with Crippen molar-refractivity contribution in [2.75, 3.05) is 4.90 Å². The van der Waals surface area contributed by atoms with Crippen LogP contribution in [0.3, 0.4) is 0 Å². The van der Waals surface area contributed by atoms with Gasteiger partial charge < -0.3 is 14.0 Å². The van der Waals surface area contributed by atoms with Crippen molar-refractivity contribution in [1.29, 1.82) is 0 Å². The predicted molar refractivity (Wildman–Crippen MR) is 248 cm³/mol. The van der Waals surface area contributed by atoms with Gasteiger partial charge in [-0.15, -0.1) is 11.3 Å². The van der Waals surface area contributed by atoms with Crippen molar-refractivity contribution in [1.82, 2.24) is 9.13 Å². The van der Waals surface area contributed by atoms with Crippen molar-refractivity contribution in [2.24, 2.45) is 0 Å². The van der Waals surface area contributed by atoms with Gasteiger partial charge in [0.05, 0.1) is 26.8 Å². The number of rotatable bonds is 6. The molecule has 0 aliphatic rings. The second-order valence-electron chi connectivity index (χ2n) is 14.9. The first-order valence-corrected chi connectivity index (χ1v) is 20.6. The Hall–Kier alpha value is -7.40. The highest BCUT2D eigenvalue weighted by Gasteiger charge is 2.21. The van der Waals surface area contributed by atoms with E-state index >= 15 is 0 Å². The number of para-hydroxylation sites is 4. The minimum absolute atomic E-state index is 1.12. The summed E-state index contributed by atoms with van der Waals surface area (Å²) >= 11 is 1.89. The molecule has 0 unspecified atom stereocenters. The van der Waals surface area contributed by atoms with E-state index in [1.165, 1.54) is 80.6 Å². The van der Waals surface area contributed by atoms with Crippen LogP contribution in [0.2, 0.25) is 0 Å². The van der Waals surface area contributed by atoms with Crippen LogP contribution in [0.15, 0.2) is 212 Å². The molecule has 58 heavy (non-hydrogen) atoms. The Bertz CT molecular complexity index is 3450. The summed E-state index contributed by atoms with van der Waals surface area (Å²) in [6, 6.07) is 77.2. The minimum Gasteiger partial charge on any atom is -0.311 e. The number of hydrogen-bond acceptors (Lipinski definition) is 2. The van der Waals surface area contributed by atoms with Gasteiger partial charge in [-0.05, 0) is 102 Å². The molecule has 12 aromatic rings. The van der Waals surface area contributed by atoms with E-state index in [0.29, 0.717) is 0 Å². The van der Waals surface area contributed by atoms with Crippen LogP contribution in [0.5, 0.6) is 0 Å². The Morgan fingerprint density at radius 2 is 0.879 bits per heavy atom. The lowest BCUT2D eigenvalue weighted by molar-refractivity contribution is 1.17. The first-order valence-electron chi connectivity index (χ1n) is 19.8. The highest BCUT2D eigenvalue weighted by Crippen LogP contribution is 2.45. The maximum Gasteiger partial charge on any atom is 0.0719 e. The molecule has 0 amide bonds. The lowest BCUT2D eigenvalue weighted by Crippen LogP contribution is -2.09. The molecule has 0 aliphatic carbocycles. The van der Waals surface area contributed by atoms with Crippen LogP contribution in [0, 0.1) is 0 Å². The molecule has 0 saturated heterocycles. The topological polar surface area (TPSA) is 13.1 Å². The van der Waals surface area contributed by atoms with Gasteiger partial charge in [-0.25, -0.2) is 0 Å². The SMILES string of the molecule is c1ccc(N(c2ccccc2)c2ccc(-c3ccc4c(c3)c3ccc5c6ccccc6sc5c3n4-c3ccc4c(c3)c3ccccc3n4-c3ccccc3)cc2)cc1. The van der Waals surface area contributed by atoms with E-state index in [-0.39, 0.29) is 0 Å². The van der Waals surface area contributed by atoms with Gasteiger partial charge in [-0.1, -0.05) is 121 Å². The molecule has 3 heterocycles. The average molecular weight is 758 g/mol. The maximum absolute atomic E-state index is 2.51. The van der Waals surface area contributed by atoms with Gasteiger partial charge in [0.25, 0.3) is 0 Å². The van der Waals surface area contributed by atoms with E-state index in [4.69, 9.17) is 0 Å². The Kier molecular flexibility index (Phi) is 7.40. The highest BCUT2D eigenvalue weighted by atomic mass is 32.1. The number of aromatic nitrogens is 2. The van der Waals surface area contributed by atoms with Gasteiger partial charge in [-0.2, -0.15) is 0 Å². The number of hydrogen-bond donors (Lipinski definition) is 0. The summed E-state index contributed by atoms with van der Waals surface area (Å²) in [5.41, 5.74) is 13.0. The number of thiophene rings is 1. The molecule has 9 aromatic carbocycles. The summed E-state index contributed by atoms with van der Waals surface area (Å²) < 4.78 is 7.53. The summed E-state index contributed by atoms with van der Waals surface area (Å²) in [6.45, 7) is 0. The summed E-state index contributed by atoms with van der Waals surface area (Å²) in [7, 11) is 0. The largest absolute Gasteiger partial charge is 0.311 e. The third-order valence-corrected chi connectivity index (χ3v) is 12.9. The Morgan fingerprint density at radius 3 is 1.64 bits per heavy atom. The van der Waals surface area contributed by atoms with Crippen molar-refractivity contribution in [3.8, 4) is 22.5 Å². The van der Waals surface area contributed by atoms with Crippen molar-refractivity contribution in [3.05, 3.63) is 212 Å². The van der Waals surface area contributed by atoms with E-state index < -0.39 is 0 Å². The van der Waals surface area contributed by atoms with Crippen LogP contribution in [0.1, 0.15) is 0 Å². The van der Waals surface area contributed by atoms with Crippen molar-refractivity contribution in [2.45, 2.75) is 0 Å². The molecule has 0 atom stereocenters. The van der Waals surface area contributed by atoms with Gasteiger partial charge in [0.1, 0.15) is 0 Å². The summed E-state index contributed by atoms with van der Waals surface area (Å²) in [5.74, 6) is 0. The van der Waals surface area contributed by atoms with Crippen molar-refractivity contribution in [3.63, 3.8) is 0 Å². The zero-order valence-corrected chi connectivity index (χ0v) is 32.3. The Balaban J connectivity index is 1.06. The molecule has 0 saturated carbocycles. The standard InChI is InChI=1S/C54H35N3S/c1-4-14-38(15-5-1)55(39-16-6-2-7-17-39)41-27-24-36(25-28-41)37-26-32-51-47(34-37)45-30-31-46-44-21-11-13-23-52(44)58-54(46)53(45)57(51)42-29-33-50-48(35-42)43-20-10-12-22-49(43)56(50)40-18-8-3-9-19-40/h1-35H. The molecule has 0 radical (unpaired) electrons. The number of fused-ring (bicyclic) bond motifs is 10. The lowest BCUT2D eigenvalue weighted by atomic mass is 10.0. The quantitative estimate of drug-likeness (QED) is 0.165. The van der Waals surface area contributed by atoms with Crippen molar-refractivity contribution >= 4 is 92.2 Å². The third-order valence-electron chi connectivity index (χ3n) is 11.7. The smallest absolute Gasteiger partial charge is 0.0719 e. The van der Waals surface area contributed by atoms with E-state index in [0.717, 1.165) is 22.7 Å². The number of benzene rings is 9. The minimum atomic E-state index is 1.12. The van der Waals surface area contributed by atoms with Crippen LogP contribution in [0.4, 0.5) is 17.1 Å².